The van der Waals surface area contributed by atoms with Gasteiger partial charge < -0.3 is 52.7 Å². The fourth-order valence-corrected chi connectivity index (χ4v) is 4.55. The zero-order valence-electron chi connectivity index (χ0n) is 28.4. The van der Waals surface area contributed by atoms with Crippen LogP contribution in [-0.4, -0.2) is 106 Å². The second-order valence-corrected chi connectivity index (χ2v) is 10.5. The first-order chi connectivity index (χ1) is 24.3. The van der Waals surface area contributed by atoms with Crippen LogP contribution in [0.4, 0.5) is 10.5 Å². The molecule has 3 rings (SSSR count). The number of nitro groups is 1. The third-order valence-electron chi connectivity index (χ3n) is 6.70. The van der Waals surface area contributed by atoms with Gasteiger partial charge >= 0.3 is 30.0 Å². The minimum absolute atomic E-state index is 0.0321. The van der Waals surface area contributed by atoms with E-state index in [9.17, 15) is 34.1 Å². The fourth-order valence-electron chi connectivity index (χ4n) is 4.55. The van der Waals surface area contributed by atoms with E-state index < -0.39 is 72.3 Å². The second kappa shape index (κ2) is 19.6. The SMILES string of the molecule is CNCCOCCOc1ccc(COC(=O)Oc2ccc([N+](=O)[O-])cc2)c(O[C@@H]2O[C@H](C(=O)OC)[C@@H](OC(C)=O)[C@H](OC(C)=O)[C@H]2OC(C)=O)c1. The highest BCUT2D eigenvalue weighted by molar-refractivity contribution is 5.77. The number of benzene rings is 2. The lowest BCUT2D eigenvalue weighted by molar-refractivity contribution is -0.384. The van der Waals surface area contributed by atoms with Crippen molar-refractivity contribution in [3.8, 4) is 17.2 Å². The number of methoxy groups -OCH3 is 1. The van der Waals surface area contributed by atoms with Gasteiger partial charge in [0.25, 0.3) is 5.69 Å². The Morgan fingerprint density at radius 2 is 1.47 bits per heavy atom. The molecule has 0 bridgehead atoms. The summed E-state index contributed by atoms with van der Waals surface area (Å²) in [6, 6.07) is 9.07. The number of hydrogen-bond acceptors (Lipinski definition) is 18. The predicted molar refractivity (Wildman–Crippen MR) is 169 cm³/mol. The van der Waals surface area contributed by atoms with Crippen molar-refractivity contribution in [1.82, 2.24) is 5.32 Å². The highest BCUT2D eigenvalue weighted by Crippen LogP contribution is 2.34. The first-order valence-corrected chi connectivity index (χ1v) is 15.3. The van der Waals surface area contributed by atoms with Gasteiger partial charge in [0.15, 0.2) is 18.3 Å². The van der Waals surface area contributed by atoms with Crippen molar-refractivity contribution in [2.45, 2.75) is 58.1 Å². The van der Waals surface area contributed by atoms with Gasteiger partial charge in [0, 0.05) is 51.1 Å². The van der Waals surface area contributed by atoms with Crippen LogP contribution in [0.15, 0.2) is 42.5 Å². The minimum atomic E-state index is -1.73. The Bertz CT molecular complexity index is 1530. The van der Waals surface area contributed by atoms with Gasteiger partial charge in [-0.1, -0.05) is 0 Å². The molecule has 1 saturated heterocycles. The maximum atomic E-state index is 12.8. The van der Waals surface area contributed by atoms with Crippen LogP contribution in [0.3, 0.4) is 0 Å². The average molecular weight is 723 g/mol. The first kappa shape index (κ1) is 39.9. The maximum absolute atomic E-state index is 12.8. The Balaban J connectivity index is 1.94. The zero-order chi connectivity index (χ0) is 37.5. The van der Waals surface area contributed by atoms with Crippen LogP contribution in [0.2, 0.25) is 0 Å². The van der Waals surface area contributed by atoms with Crippen LogP contribution in [0.1, 0.15) is 26.3 Å². The Labute approximate surface area is 291 Å². The highest BCUT2D eigenvalue weighted by atomic mass is 16.7. The van der Waals surface area contributed by atoms with E-state index in [-0.39, 0.29) is 41.7 Å². The number of ether oxygens (including phenoxy) is 10. The molecule has 0 unspecified atom stereocenters. The van der Waals surface area contributed by atoms with E-state index in [0.717, 1.165) is 40.0 Å². The summed E-state index contributed by atoms with van der Waals surface area (Å²) in [5.74, 6) is -3.54. The Morgan fingerprint density at radius 1 is 0.843 bits per heavy atom. The lowest BCUT2D eigenvalue weighted by Gasteiger charge is -2.43. The third kappa shape index (κ3) is 12.4. The van der Waals surface area contributed by atoms with Crippen molar-refractivity contribution in [3.63, 3.8) is 0 Å². The lowest BCUT2D eigenvalue weighted by atomic mass is 9.97. The largest absolute Gasteiger partial charge is 0.514 e. The number of nitro benzene ring substituents is 1. The van der Waals surface area contributed by atoms with Gasteiger partial charge in [0.05, 0.1) is 25.2 Å². The number of carbonyl (C=O) groups is 5. The van der Waals surface area contributed by atoms with E-state index in [1.807, 2.05) is 0 Å². The van der Waals surface area contributed by atoms with Crippen LogP contribution in [0, 0.1) is 10.1 Å². The van der Waals surface area contributed by atoms with E-state index in [1.54, 1.807) is 7.05 Å². The normalized spacial score (nSPS) is 19.5. The van der Waals surface area contributed by atoms with Crippen molar-refractivity contribution in [3.05, 3.63) is 58.1 Å². The molecule has 1 aliphatic heterocycles. The topological polar surface area (TPSA) is 233 Å². The monoisotopic (exact) mass is 722 g/mol. The Kier molecular flexibility index (Phi) is 15.3. The second-order valence-electron chi connectivity index (χ2n) is 10.5. The molecule has 1 fully saturated rings. The maximum Gasteiger partial charge on any atom is 0.514 e. The summed E-state index contributed by atoms with van der Waals surface area (Å²) in [4.78, 5) is 72.1. The van der Waals surface area contributed by atoms with Gasteiger partial charge in [0.1, 0.15) is 30.5 Å². The van der Waals surface area contributed by atoms with Crippen LogP contribution in [0.5, 0.6) is 17.2 Å². The molecule has 1 aliphatic rings. The number of likely N-dealkylation sites (N-methyl/N-ethyl adjacent to an activating group) is 1. The van der Waals surface area contributed by atoms with Crippen molar-refractivity contribution < 1.29 is 76.3 Å². The molecular formula is C32H38N2O17. The van der Waals surface area contributed by atoms with Crippen molar-refractivity contribution in [2.24, 2.45) is 0 Å². The predicted octanol–water partition coefficient (Wildman–Crippen LogP) is 2.00. The molecule has 19 heteroatoms. The number of nitrogens with zero attached hydrogens (tertiary/aromatic N) is 1. The van der Waals surface area contributed by atoms with Crippen LogP contribution < -0.4 is 19.5 Å². The summed E-state index contributed by atoms with van der Waals surface area (Å²) in [5.41, 5.74) is -0.0369. The standard InChI is InChI=1S/C32H38N2O17/c1-18(35)46-26-27(47-19(2)36)29(48-20(3)37)31(51-28(26)30(38)42-5)50-25-16-24(44-15-14-43-13-12-33-4)9-6-21(25)17-45-32(39)49-23-10-7-22(8-11-23)34(40)41/h6-11,16,26-29,31,33H,12-15,17H2,1-5H3/t26-,27-,28-,29+,31+/m0/s1. The molecule has 0 amide bonds. The average Bonchev–Trinajstić information content (AvgIpc) is 3.07. The number of non-ortho nitro benzene ring substituents is 1. The van der Waals surface area contributed by atoms with Crippen LogP contribution >= 0.6 is 0 Å². The molecule has 0 saturated carbocycles. The van der Waals surface area contributed by atoms with Crippen LogP contribution in [0.25, 0.3) is 0 Å². The highest BCUT2D eigenvalue weighted by Gasteiger charge is 2.56. The van der Waals surface area contributed by atoms with Gasteiger partial charge in [-0.15, -0.1) is 0 Å². The van der Waals surface area contributed by atoms with E-state index >= 15 is 0 Å². The van der Waals surface area contributed by atoms with Crippen molar-refractivity contribution in [1.29, 1.82) is 0 Å². The van der Waals surface area contributed by atoms with Crippen LogP contribution in [-0.2, 0) is 58.9 Å². The molecule has 2 aromatic rings. The van der Waals surface area contributed by atoms with E-state index in [4.69, 9.17) is 47.4 Å². The number of hydrogen-bond donors (Lipinski definition) is 1. The quantitative estimate of drug-likeness (QED) is 0.0614. The lowest BCUT2D eigenvalue weighted by Crippen LogP contribution is -2.64. The van der Waals surface area contributed by atoms with E-state index in [0.29, 0.717) is 13.2 Å². The summed E-state index contributed by atoms with van der Waals surface area (Å²) in [6.45, 7) is 4.09. The van der Waals surface area contributed by atoms with Gasteiger partial charge in [-0.2, -0.15) is 0 Å². The molecule has 2 aromatic carbocycles. The Hall–Kier alpha value is -5.53. The molecule has 1 heterocycles. The molecule has 1 N–H and O–H groups in total. The third-order valence-corrected chi connectivity index (χ3v) is 6.70. The molecule has 0 radical (unpaired) electrons. The molecule has 278 valence electrons. The molecule has 0 spiro atoms. The van der Waals surface area contributed by atoms with Gasteiger partial charge in [-0.05, 0) is 31.3 Å². The fraction of sp³-hybridized carbons (Fsp3) is 0.469. The number of nitrogens with one attached hydrogen (secondary N) is 1. The molecule has 0 aliphatic carbocycles. The van der Waals surface area contributed by atoms with Crippen molar-refractivity contribution >= 4 is 35.7 Å². The summed E-state index contributed by atoms with van der Waals surface area (Å²) >= 11 is 0. The molecular weight excluding hydrogens is 684 g/mol. The smallest absolute Gasteiger partial charge is 0.491 e. The van der Waals surface area contributed by atoms with E-state index in [1.165, 1.54) is 30.3 Å². The summed E-state index contributed by atoms with van der Waals surface area (Å²) in [5, 5.41) is 13.9. The molecule has 0 aromatic heterocycles. The van der Waals surface area contributed by atoms with E-state index in [2.05, 4.69) is 5.32 Å². The minimum Gasteiger partial charge on any atom is -0.491 e. The Morgan fingerprint density at radius 3 is 2.08 bits per heavy atom. The molecule has 5 atom stereocenters. The molecule has 51 heavy (non-hydrogen) atoms. The summed E-state index contributed by atoms with van der Waals surface area (Å²) in [6.07, 6.45) is -9.50. The van der Waals surface area contributed by atoms with Gasteiger partial charge in [-0.3, -0.25) is 24.5 Å². The number of esters is 4. The number of carbonyl (C=O) groups excluding carboxylic acids is 5. The zero-order valence-corrected chi connectivity index (χ0v) is 28.4. The first-order valence-electron chi connectivity index (χ1n) is 15.3. The molecule has 19 nitrogen and oxygen atoms in total. The summed E-state index contributed by atoms with van der Waals surface area (Å²) < 4.78 is 54.5. The van der Waals surface area contributed by atoms with Gasteiger partial charge in [0.2, 0.25) is 12.4 Å². The van der Waals surface area contributed by atoms with Gasteiger partial charge in [-0.25, -0.2) is 9.59 Å². The number of rotatable bonds is 17. The van der Waals surface area contributed by atoms with Crippen molar-refractivity contribution in [2.75, 3.05) is 40.5 Å². The summed E-state index contributed by atoms with van der Waals surface area (Å²) in [7, 11) is 2.82.